The maximum absolute atomic E-state index is 13.2. The third-order valence-electron chi connectivity index (χ3n) is 5.82. The zero-order valence-corrected chi connectivity index (χ0v) is 18.9. The molecular weight excluding hydrogens is 423 g/mol. The zero-order chi connectivity index (χ0) is 22.7. The van der Waals surface area contributed by atoms with Crippen molar-refractivity contribution in [3.05, 3.63) is 89.4 Å². The van der Waals surface area contributed by atoms with Gasteiger partial charge in [0.25, 0.3) is 0 Å². The van der Waals surface area contributed by atoms with E-state index in [9.17, 15) is 9.18 Å². The summed E-state index contributed by atoms with van der Waals surface area (Å²) in [7, 11) is 0. The molecule has 0 aromatic heterocycles. The normalized spacial score (nSPS) is 13.2. The van der Waals surface area contributed by atoms with Gasteiger partial charge in [0.05, 0.1) is 0 Å². The fourth-order valence-electron chi connectivity index (χ4n) is 4.16. The number of nitrogens with zero attached hydrogens (tertiary/aromatic N) is 3. The second-order valence-corrected chi connectivity index (χ2v) is 8.54. The summed E-state index contributed by atoms with van der Waals surface area (Å²) in [5.74, 6) is 0.539. The molecule has 164 valence electrons. The summed E-state index contributed by atoms with van der Waals surface area (Å²) < 4.78 is 15.0. The summed E-state index contributed by atoms with van der Waals surface area (Å²) in [6, 6.07) is 18.1. The van der Waals surface area contributed by atoms with Crippen LogP contribution in [0.5, 0.6) is 0 Å². The van der Waals surface area contributed by atoms with E-state index in [-0.39, 0.29) is 5.82 Å². The highest BCUT2D eigenvalue weighted by molar-refractivity contribution is 7.98. The second-order valence-electron chi connectivity index (χ2n) is 7.60. The molecule has 0 bridgehead atoms. The Balaban J connectivity index is 1.78. The number of rotatable bonds is 8. The molecule has 1 amide bonds. The van der Waals surface area contributed by atoms with Crippen LogP contribution in [0.25, 0.3) is 11.5 Å². The van der Waals surface area contributed by atoms with Crippen LogP contribution in [0.2, 0.25) is 0 Å². The van der Waals surface area contributed by atoms with Crippen LogP contribution in [-0.2, 0) is 22.5 Å². The lowest BCUT2D eigenvalue weighted by Crippen LogP contribution is -2.48. The number of fused-ring (bicyclic) bond motifs is 1. The molecule has 2 aliphatic heterocycles. The van der Waals surface area contributed by atoms with Gasteiger partial charge in [-0.3, -0.25) is 4.79 Å². The van der Waals surface area contributed by atoms with Crippen molar-refractivity contribution in [1.29, 1.82) is 0 Å². The molecule has 2 N–H and O–H groups in total. The molecule has 0 saturated heterocycles. The molecule has 0 fully saturated rings. The monoisotopic (exact) mass is 448 g/mol. The lowest BCUT2D eigenvalue weighted by atomic mass is 9.82. The van der Waals surface area contributed by atoms with Gasteiger partial charge in [-0.15, -0.1) is 0 Å². The number of halogens is 1. The predicted octanol–water partition coefficient (Wildman–Crippen LogP) is 5.02. The first-order valence-corrected chi connectivity index (χ1v) is 11.6. The van der Waals surface area contributed by atoms with Crippen molar-refractivity contribution in [2.45, 2.75) is 43.1 Å². The van der Waals surface area contributed by atoms with Crippen molar-refractivity contribution >= 4 is 17.7 Å². The van der Waals surface area contributed by atoms with Gasteiger partial charge in [0.2, 0.25) is 5.91 Å². The number of carbonyl (C=O) groups is 1. The van der Waals surface area contributed by atoms with E-state index in [0.29, 0.717) is 28.8 Å². The van der Waals surface area contributed by atoms with Gasteiger partial charge in [0.15, 0.2) is 11.0 Å². The van der Waals surface area contributed by atoms with Crippen molar-refractivity contribution < 1.29 is 9.18 Å². The molecular formula is C25H25FN4OS. The highest BCUT2D eigenvalue weighted by atomic mass is 32.2. The first-order chi connectivity index (χ1) is 15.5. The number of hydrogen-bond acceptors (Lipinski definition) is 4. The molecule has 1 unspecified atom stereocenters. The Morgan fingerprint density at radius 3 is 2.50 bits per heavy atom. The van der Waals surface area contributed by atoms with Crippen LogP contribution in [-0.4, -0.2) is 20.4 Å². The molecule has 32 heavy (non-hydrogen) atoms. The van der Waals surface area contributed by atoms with Crippen LogP contribution in [0.1, 0.15) is 37.0 Å². The summed E-state index contributed by atoms with van der Waals surface area (Å²) >= 11 is 1.47. The van der Waals surface area contributed by atoms with E-state index < -0.39 is 11.4 Å². The number of imidazole rings is 1. The average Bonchev–Trinajstić information content (AvgIpc) is 3.23. The summed E-state index contributed by atoms with van der Waals surface area (Å²) in [6.45, 7) is 4.03. The molecule has 1 atom stereocenters. The third-order valence-corrected chi connectivity index (χ3v) is 6.74. The van der Waals surface area contributed by atoms with E-state index in [2.05, 4.69) is 11.9 Å². The Bertz CT molecular complexity index is 1210. The maximum atomic E-state index is 13.2. The standard InChI is InChI=1S/C25H25FN4OS/c1-3-18-8-5-6-9-20(18)25(4-2,23(27)31)30-15-7-10-21-22(30)29-24(28-21)32-16-17-11-13-19(26)14-12-17/h5-15H,3-4,16H2,1-2H3,(H2,27,31). The minimum atomic E-state index is -1.08. The highest BCUT2D eigenvalue weighted by Crippen LogP contribution is 2.37. The minimum Gasteiger partial charge on any atom is -0.367 e. The first kappa shape index (κ1) is 22.0. The fraction of sp³-hybridized carbons (Fsp3) is 0.240. The minimum absolute atomic E-state index is 0.259. The van der Waals surface area contributed by atoms with Gasteiger partial charge in [-0.05, 0) is 53.8 Å². The van der Waals surface area contributed by atoms with Crippen molar-refractivity contribution in [3.8, 4) is 11.5 Å². The number of pyridine rings is 1. The fourth-order valence-corrected chi connectivity index (χ4v) is 4.96. The van der Waals surface area contributed by atoms with E-state index in [0.717, 1.165) is 23.1 Å². The van der Waals surface area contributed by atoms with Gasteiger partial charge in [-0.2, -0.15) is 0 Å². The van der Waals surface area contributed by atoms with Crippen molar-refractivity contribution in [1.82, 2.24) is 14.5 Å². The van der Waals surface area contributed by atoms with Crippen LogP contribution in [0.4, 0.5) is 4.39 Å². The van der Waals surface area contributed by atoms with Gasteiger partial charge < -0.3 is 10.3 Å². The second kappa shape index (κ2) is 9.12. The summed E-state index contributed by atoms with van der Waals surface area (Å²) in [6.07, 6.45) is 3.12. The van der Waals surface area contributed by atoms with Crippen LogP contribution < -0.4 is 5.73 Å². The number of thioether (sulfide) groups is 1. The Morgan fingerprint density at radius 2 is 1.81 bits per heavy atom. The molecule has 2 aromatic rings. The summed E-state index contributed by atoms with van der Waals surface area (Å²) in [5.41, 5.74) is 8.63. The molecule has 0 aliphatic carbocycles. The van der Waals surface area contributed by atoms with E-state index in [4.69, 9.17) is 10.7 Å². The third kappa shape index (κ3) is 3.88. The number of aromatic nitrogens is 3. The molecule has 2 aromatic carbocycles. The van der Waals surface area contributed by atoms with Crippen LogP contribution in [0.3, 0.4) is 0 Å². The van der Waals surface area contributed by atoms with E-state index in [1.165, 1.54) is 23.9 Å². The van der Waals surface area contributed by atoms with Crippen LogP contribution >= 0.6 is 11.8 Å². The lowest BCUT2D eigenvalue weighted by Gasteiger charge is -2.35. The molecule has 5 nitrogen and oxygen atoms in total. The summed E-state index contributed by atoms with van der Waals surface area (Å²) in [4.78, 5) is 22.4. The quantitative estimate of drug-likeness (QED) is 0.384. The molecule has 7 heteroatoms. The average molecular weight is 449 g/mol. The van der Waals surface area contributed by atoms with E-state index in [1.54, 1.807) is 12.1 Å². The largest absolute Gasteiger partial charge is 0.367 e. The number of hydrogen-bond donors (Lipinski definition) is 1. The lowest BCUT2D eigenvalue weighted by molar-refractivity contribution is -0.124. The smallest absolute Gasteiger partial charge is 0.248 e. The molecule has 0 spiro atoms. The maximum Gasteiger partial charge on any atom is 0.248 e. The van der Waals surface area contributed by atoms with Crippen LogP contribution in [0, 0.1) is 5.82 Å². The molecule has 2 aliphatic rings. The van der Waals surface area contributed by atoms with Gasteiger partial charge in [0, 0.05) is 11.9 Å². The summed E-state index contributed by atoms with van der Waals surface area (Å²) in [5, 5.41) is 0.600. The van der Waals surface area contributed by atoms with Crippen molar-refractivity contribution in [2.24, 2.45) is 5.73 Å². The number of primary amides is 1. The Hall–Kier alpha value is -3.19. The topological polar surface area (TPSA) is 73.8 Å². The number of carbonyl (C=O) groups excluding carboxylic acids is 1. The van der Waals surface area contributed by atoms with E-state index in [1.807, 2.05) is 54.1 Å². The number of amides is 1. The van der Waals surface area contributed by atoms with Gasteiger partial charge in [0.1, 0.15) is 17.1 Å². The van der Waals surface area contributed by atoms with Gasteiger partial charge >= 0.3 is 0 Å². The van der Waals surface area contributed by atoms with Gasteiger partial charge in [-0.1, -0.05) is 62.0 Å². The molecule has 4 rings (SSSR count). The molecule has 0 radical (unpaired) electrons. The van der Waals surface area contributed by atoms with Gasteiger partial charge in [-0.25, -0.2) is 14.4 Å². The Labute approximate surface area is 191 Å². The first-order valence-electron chi connectivity index (χ1n) is 10.6. The van der Waals surface area contributed by atoms with E-state index >= 15 is 0 Å². The molecule has 0 saturated carbocycles. The predicted molar refractivity (Wildman–Crippen MR) is 125 cm³/mol. The zero-order valence-electron chi connectivity index (χ0n) is 18.1. The number of nitrogens with two attached hydrogens (primary N) is 1. The van der Waals surface area contributed by atoms with Crippen LogP contribution in [0.15, 0.2) is 72.0 Å². The van der Waals surface area contributed by atoms with Crippen molar-refractivity contribution in [2.75, 3.05) is 0 Å². The highest BCUT2D eigenvalue weighted by Gasteiger charge is 2.42. The SMILES string of the molecule is CCc1ccccc1C(CC)(C(N)=O)n1cccc2nc(SCc3ccc(F)cc3)nc1-2. The number of aryl methyl sites for hydroxylation is 1. The van der Waals surface area contributed by atoms with Crippen molar-refractivity contribution in [3.63, 3.8) is 0 Å². The Kier molecular flexibility index (Phi) is 6.28. The molecule has 2 heterocycles. The number of benzene rings is 2. The Morgan fingerprint density at radius 1 is 1.06 bits per heavy atom.